The fourth-order valence-electron chi connectivity index (χ4n) is 1.01. The molecule has 0 aliphatic heterocycles. The van der Waals surface area contributed by atoms with Crippen molar-refractivity contribution < 1.29 is 9.59 Å². The molecule has 0 heterocycles. The van der Waals surface area contributed by atoms with Crippen molar-refractivity contribution in [2.75, 3.05) is 5.75 Å². The van der Waals surface area contributed by atoms with E-state index in [1.807, 2.05) is 0 Å². The summed E-state index contributed by atoms with van der Waals surface area (Å²) in [5.41, 5.74) is 0. The highest BCUT2D eigenvalue weighted by Crippen LogP contribution is 1.93. The van der Waals surface area contributed by atoms with E-state index in [4.69, 9.17) is 6.42 Å². The molecular weight excluding hydrogens is 212 g/mol. The van der Waals surface area contributed by atoms with Crippen molar-refractivity contribution in [1.82, 2.24) is 10.6 Å². The van der Waals surface area contributed by atoms with Crippen LogP contribution < -0.4 is 10.6 Å². The molecule has 2 atom stereocenters. The van der Waals surface area contributed by atoms with Crippen molar-refractivity contribution in [2.45, 2.75) is 32.4 Å². The number of carbonyl (C=O) groups is 2. The van der Waals surface area contributed by atoms with E-state index >= 15 is 0 Å². The number of hydrogen-bond acceptors (Lipinski definition) is 3. The number of nitrogens with one attached hydrogen (secondary N) is 2. The van der Waals surface area contributed by atoms with Gasteiger partial charge in [0.2, 0.25) is 11.8 Å². The summed E-state index contributed by atoms with van der Waals surface area (Å²) in [5.74, 6) is 2.19. The van der Waals surface area contributed by atoms with E-state index in [-0.39, 0.29) is 23.6 Å². The second-order valence-electron chi connectivity index (χ2n) is 3.25. The van der Waals surface area contributed by atoms with Crippen molar-refractivity contribution >= 4 is 24.4 Å². The second-order valence-corrected chi connectivity index (χ2v) is 3.62. The maximum atomic E-state index is 11.6. The first-order valence-electron chi connectivity index (χ1n) is 4.63. The molecule has 5 heteroatoms. The zero-order chi connectivity index (χ0) is 11.8. The van der Waals surface area contributed by atoms with E-state index in [9.17, 15) is 9.59 Å². The third kappa shape index (κ3) is 6.02. The number of carbonyl (C=O) groups excluding carboxylic acids is 2. The van der Waals surface area contributed by atoms with Gasteiger partial charge in [-0.1, -0.05) is 0 Å². The van der Waals surface area contributed by atoms with Crippen LogP contribution >= 0.6 is 12.6 Å². The van der Waals surface area contributed by atoms with Crippen LogP contribution in [0.25, 0.3) is 0 Å². The third-order valence-corrected chi connectivity index (χ3v) is 2.05. The van der Waals surface area contributed by atoms with Gasteiger partial charge < -0.3 is 10.6 Å². The first kappa shape index (κ1) is 13.8. The number of thiol groups is 1. The minimum Gasteiger partial charge on any atom is -0.351 e. The van der Waals surface area contributed by atoms with Crippen molar-refractivity contribution in [2.24, 2.45) is 0 Å². The van der Waals surface area contributed by atoms with Crippen molar-refractivity contribution in [1.29, 1.82) is 0 Å². The normalized spacial score (nSPS) is 13.5. The SMILES string of the molecule is C#CCC(C)NC(=O)C(CS)NC(C)=O. The van der Waals surface area contributed by atoms with E-state index < -0.39 is 6.04 Å². The minimum atomic E-state index is -0.606. The lowest BCUT2D eigenvalue weighted by Crippen LogP contribution is -2.49. The Kier molecular flexibility index (Phi) is 6.63. The summed E-state index contributed by atoms with van der Waals surface area (Å²) in [5, 5.41) is 5.19. The second kappa shape index (κ2) is 7.18. The van der Waals surface area contributed by atoms with Crippen LogP contribution in [0.2, 0.25) is 0 Å². The van der Waals surface area contributed by atoms with E-state index in [1.54, 1.807) is 6.92 Å². The maximum Gasteiger partial charge on any atom is 0.243 e. The van der Waals surface area contributed by atoms with Crippen molar-refractivity contribution in [3.05, 3.63) is 0 Å². The molecule has 0 aliphatic carbocycles. The molecule has 0 aromatic heterocycles. The van der Waals surface area contributed by atoms with E-state index in [2.05, 4.69) is 29.2 Å². The lowest BCUT2D eigenvalue weighted by atomic mass is 10.2. The molecule has 0 aliphatic rings. The summed E-state index contributed by atoms with van der Waals surface area (Å²) in [6.07, 6.45) is 5.57. The van der Waals surface area contributed by atoms with Crippen LogP contribution in [-0.4, -0.2) is 29.7 Å². The largest absolute Gasteiger partial charge is 0.351 e. The van der Waals surface area contributed by atoms with Gasteiger partial charge in [-0.2, -0.15) is 12.6 Å². The summed E-state index contributed by atoms with van der Waals surface area (Å²) < 4.78 is 0. The lowest BCUT2D eigenvalue weighted by Gasteiger charge is -2.18. The summed E-state index contributed by atoms with van der Waals surface area (Å²) in [6.45, 7) is 3.16. The standard InChI is InChI=1S/C10H16N2O2S/c1-4-5-7(2)11-10(14)9(6-15)12-8(3)13/h1,7,9,15H,5-6H2,2-3H3,(H,11,14)(H,12,13). The fourth-order valence-corrected chi connectivity index (χ4v) is 1.27. The number of amides is 2. The smallest absolute Gasteiger partial charge is 0.243 e. The Morgan fingerprint density at radius 2 is 2.07 bits per heavy atom. The molecule has 0 fully saturated rings. The van der Waals surface area contributed by atoms with E-state index in [0.717, 1.165) is 0 Å². The van der Waals surface area contributed by atoms with Gasteiger partial charge in [-0.05, 0) is 6.92 Å². The predicted molar refractivity (Wildman–Crippen MR) is 62.5 cm³/mol. The van der Waals surface area contributed by atoms with Crippen LogP contribution in [0.5, 0.6) is 0 Å². The van der Waals surface area contributed by atoms with E-state index in [0.29, 0.717) is 6.42 Å². The molecule has 0 saturated carbocycles. The molecular formula is C10H16N2O2S. The Balaban J connectivity index is 4.16. The summed E-state index contributed by atoms with van der Waals surface area (Å²) in [7, 11) is 0. The highest BCUT2D eigenvalue weighted by Gasteiger charge is 2.18. The van der Waals surface area contributed by atoms with Gasteiger partial charge in [0.25, 0.3) is 0 Å². The number of terminal acetylenes is 1. The van der Waals surface area contributed by atoms with Gasteiger partial charge in [0.05, 0.1) is 0 Å². The van der Waals surface area contributed by atoms with Gasteiger partial charge in [-0.3, -0.25) is 9.59 Å². The summed E-state index contributed by atoms with van der Waals surface area (Å²) >= 11 is 3.99. The monoisotopic (exact) mass is 228 g/mol. The minimum absolute atomic E-state index is 0.0985. The van der Waals surface area contributed by atoms with Crippen LogP contribution in [0.3, 0.4) is 0 Å². The predicted octanol–water partition coefficient (Wildman–Crippen LogP) is -0.0511. The van der Waals surface area contributed by atoms with Gasteiger partial charge in [-0.15, -0.1) is 12.3 Å². The molecule has 0 spiro atoms. The first-order chi connectivity index (χ1) is 7.01. The van der Waals surface area contributed by atoms with Gasteiger partial charge in [0.1, 0.15) is 6.04 Å². The highest BCUT2D eigenvalue weighted by atomic mass is 32.1. The maximum absolute atomic E-state index is 11.6. The lowest BCUT2D eigenvalue weighted by molar-refractivity contribution is -0.127. The Hall–Kier alpha value is -1.15. The molecule has 0 aromatic rings. The highest BCUT2D eigenvalue weighted by molar-refractivity contribution is 7.80. The van der Waals surface area contributed by atoms with Crippen molar-refractivity contribution in [3.63, 3.8) is 0 Å². The van der Waals surface area contributed by atoms with Crippen LogP contribution in [0.15, 0.2) is 0 Å². The number of hydrogen-bond donors (Lipinski definition) is 3. The van der Waals surface area contributed by atoms with Crippen LogP contribution in [-0.2, 0) is 9.59 Å². The molecule has 0 rings (SSSR count). The molecule has 0 bridgehead atoms. The average Bonchev–Trinajstić information content (AvgIpc) is 2.13. The molecule has 0 aromatic carbocycles. The molecule has 2 amide bonds. The number of rotatable bonds is 5. The zero-order valence-corrected chi connectivity index (χ0v) is 9.80. The first-order valence-corrected chi connectivity index (χ1v) is 5.26. The third-order valence-electron chi connectivity index (χ3n) is 1.69. The fraction of sp³-hybridized carbons (Fsp3) is 0.600. The topological polar surface area (TPSA) is 58.2 Å². The molecule has 2 N–H and O–H groups in total. The summed E-state index contributed by atoms with van der Waals surface area (Å²) in [4.78, 5) is 22.3. The quantitative estimate of drug-likeness (QED) is 0.456. The van der Waals surface area contributed by atoms with Crippen LogP contribution in [0.4, 0.5) is 0 Å². The Morgan fingerprint density at radius 1 is 1.47 bits per heavy atom. The molecule has 84 valence electrons. The molecule has 15 heavy (non-hydrogen) atoms. The molecule has 0 saturated heterocycles. The van der Waals surface area contributed by atoms with Crippen LogP contribution in [0.1, 0.15) is 20.3 Å². The van der Waals surface area contributed by atoms with Gasteiger partial charge in [-0.25, -0.2) is 0 Å². The molecule has 0 radical (unpaired) electrons. The molecule has 2 unspecified atom stereocenters. The van der Waals surface area contributed by atoms with Crippen molar-refractivity contribution in [3.8, 4) is 12.3 Å². The molecule has 4 nitrogen and oxygen atoms in total. The van der Waals surface area contributed by atoms with Crippen LogP contribution in [0, 0.1) is 12.3 Å². The zero-order valence-electron chi connectivity index (χ0n) is 8.91. The Morgan fingerprint density at radius 3 is 2.47 bits per heavy atom. The Bertz CT molecular complexity index is 273. The van der Waals surface area contributed by atoms with Gasteiger partial charge in [0.15, 0.2) is 0 Å². The van der Waals surface area contributed by atoms with Gasteiger partial charge >= 0.3 is 0 Å². The summed E-state index contributed by atoms with van der Waals surface area (Å²) in [6, 6.07) is -0.704. The van der Waals surface area contributed by atoms with Gasteiger partial charge in [0, 0.05) is 25.1 Å². The van der Waals surface area contributed by atoms with E-state index in [1.165, 1.54) is 6.92 Å². The Labute approximate surface area is 95.6 Å². The average molecular weight is 228 g/mol.